The van der Waals surface area contributed by atoms with Crippen LogP contribution in [0.4, 0.5) is 0 Å². The molecule has 1 atom stereocenters. The summed E-state index contributed by atoms with van der Waals surface area (Å²) in [6.07, 6.45) is 1.88. The van der Waals surface area contributed by atoms with Gasteiger partial charge in [0.15, 0.2) is 0 Å². The Morgan fingerprint density at radius 1 is 1.38 bits per heavy atom. The summed E-state index contributed by atoms with van der Waals surface area (Å²) in [5, 5.41) is 24.9. The lowest BCUT2D eigenvalue weighted by Gasteiger charge is -1.95. The van der Waals surface area contributed by atoms with E-state index in [9.17, 15) is 0 Å². The maximum Gasteiger partial charge on any atom is 0.0952 e. The van der Waals surface area contributed by atoms with Crippen LogP contribution in [0.25, 0.3) is 0 Å². The molecule has 0 spiro atoms. The minimum absolute atomic E-state index is 0.100. The third-order valence-electron chi connectivity index (χ3n) is 0.651. The van der Waals surface area contributed by atoms with Gasteiger partial charge in [0.1, 0.15) is 0 Å². The minimum atomic E-state index is -0.831. The van der Waals surface area contributed by atoms with E-state index >= 15 is 0 Å². The first-order valence-corrected chi connectivity index (χ1v) is 2.37. The minimum Gasteiger partial charge on any atom is -0.393 e. The predicted molar refractivity (Wildman–Crippen MR) is 29.3 cm³/mol. The second-order valence-electron chi connectivity index (χ2n) is 1.36. The lowest BCUT2D eigenvalue weighted by atomic mass is 10.3. The van der Waals surface area contributed by atoms with E-state index in [1.54, 1.807) is 0 Å². The van der Waals surface area contributed by atoms with Crippen LogP contribution in [0, 0.1) is 0 Å². The topological polar surface area (TPSA) is 60.7 Å². The molecule has 3 heteroatoms. The summed E-state index contributed by atoms with van der Waals surface area (Å²) in [6, 6.07) is 0. The van der Waals surface area contributed by atoms with Gasteiger partial charge >= 0.3 is 0 Å². The fourth-order valence-corrected chi connectivity index (χ4v) is 0.279. The molecular formula is C5H10O3. The molecule has 0 rings (SSSR count). The number of aliphatic hydroxyl groups excluding tert-OH is 3. The molecule has 0 aliphatic carbocycles. The van der Waals surface area contributed by atoms with Crippen LogP contribution >= 0.6 is 0 Å². The van der Waals surface area contributed by atoms with Crippen LogP contribution in [0.2, 0.25) is 0 Å². The van der Waals surface area contributed by atoms with Crippen molar-refractivity contribution in [1.82, 2.24) is 0 Å². The molecular weight excluding hydrogens is 108 g/mol. The van der Waals surface area contributed by atoms with E-state index < -0.39 is 6.10 Å². The summed E-state index contributed by atoms with van der Waals surface area (Å²) in [4.78, 5) is 0. The zero-order valence-corrected chi connectivity index (χ0v) is 4.49. The lowest BCUT2D eigenvalue weighted by molar-refractivity contribution is 0.130. The van der Waals surface area contributed by atoms with Gasteiger partial charge in [-0.15, -0.1) is 0 Å². The maximum atomic E-state index is 8.54. The quantitative estimate of drug-likeness (QED) is 0.412. The molecule has 0 saturated carbocycles. The SMILES string of the molecule is OC/C=C/C(O)CO. The zero-order chi connectivity index (χ0) is 6.41. The highest BCUT2D eigenvalue weighted by atomic mass is 16.3. The molecule has 0 aliphatic rings. The molecule has 0 fully saturated rings. The molecule has 0 radical (unpaired) electrons. The van der Waals surface area contributed by atoms with Gasteiger partial charge in [0.05, 0.1) is 19.3 Å². The summed E-state index contributed by atoms with van der Waals surface area (Å²) in [7, 11) is 0. The number of aliphatic hydroxyl groups is 3. The van der Waals surface area contributed by atoms with Crippen molar-refractivity contribution in [2.75, 3.05) is 13.2 Å². The summed E-state index contributed by atoms with van der Waals surface area (Å²) in [6.45, 7) is -0.395. The first kappa shape index (κ1) is 7.62. The Bertz CT molecular complexity index is 70.1. The van der Waals surface area contributed by atoms with Gasteiger partial charge in [-0.25, -0.2) is 0 Å². The number of hydrogen-bond donors (Lipinski definition) is 3. The molecule has 3 N–H and O–H groups in total. The molecule has 48 valence electrons. The van der Waals surface area contributed by atoms with Gasteiger partial charge < -0.3 is 15.3 Å². The Kier molecular flexibility index (Phi) is 4.54. The summed E-state index contributed by atoms with van der Waals surface area (Å²) < 4.78 is 0. The third-order valence-corrected chi connectivity index (χ3v) is 0.651. The average Bonchev–Trinajstić information content (AvgIpc) is 1.83. The van der Waals surface area contributed by atoms with Gasteiger partial charge in [-0.3, -0.25) is 0 Å². The molecule has 0 aliphatic heterocycles. The van der Waals surface area contributed by atoms with E-state index in [1.807, 2.05) is 0 Å². The smallest absolute Gasteiger partial charge is 0.0952 e. The maximum absolute atomic E-state index is 8.54. The summed E-state index contributed by atoms with van der Waals surface area (Å²) in [5.74, 6) is 0. The van der Waals surface area contributed by atoms with Crippen LogP contribution in [-0.2, 0) is 0 Å². The molecule has 0 amide bonds. The van der Waals surface area contributed by atoms with Gasteiger partial charge in [0.25, 0.3) is 0 Å². The Morgan fingerprint density at radius 3 is 2.38 bits per heavy atom. The van der Waals surface area contributed by atoms with Crippen molar-refractivity contribution in [1.29, 1.82) is 0 Å². The van der Waals surface area contributed by atoms with E-state index in [4.69, 9.17) is 15.3 Å². The van der Waals surface area contributed by atoms with Crippen molar-refractivity contribution < 1.29 is 15.3 Å². The largest absolute Gasteiger partial charge is 0.393 e. The highest BCUT2D eigenvalue weighted by Crippen LogP contribution is 1.81. The van der Waals surface area contributed by atoms with Crippen molar-refractivity contribution in [3.8, 4) is 0 Å². The molecule has 0 aromatic rings. The molecule has 0 heterocycles. The van der Waals surface area contributed by atoms with Gasteiger partial charge in [-0.2, -0.15) is 0 Å². The molecule has 8 heavy (non-hydrogen) atoms. The van der Waals surface area contributed by atoms with Crippen LogP contribution < -0.4 is 0 Å². The van der Waals surface area contributed by atoms with E-state index in [2.05, 4.69) is 0 Å². The number of hydrogen-bond acceptors (Lipinski definition) is 3. The first-order chi connectivity index (χ1) is 3.81. The average molecular weight is 118 g/mol. The van der Waals surface area contributed by atoms with Gasteiger partial charge in [-0.1, -0.05) is 12.2 Å². The van der Waals surface area contributed by atoms with Gasteiger partial charge in [0, 0.05) is 0 Å². The van der Waals surface area contributed by atoms with Gasteiger partial charge in [-0.05, 0) is 0 Å². The van der Waals surface area contributed by atoms with Crippen molar-refractivity contribution in [3.63, 3.8) is 0 Å². The summed E-state index contributed by atoms with van der Waals surface area (Å²) in [5.41, 5.74) is 0. The monoisotopic (exact) mass is 118 g/mol. The number of rotatable bonds is 3. The molecule has 0 aromatic heterocycles. The Labute approximate surface area is 47.9 Å². The Hall–Kier alpha value is -0.380. The molecule has 0 bridgehead atoms. The fraction of sp³-hybridized carbons (Fsp3) is 0.600. The normalized spacial score (nSPS) is 14.9. The third kappa shape index (κ3) is 3.80. The van der Waals surface area contributed by atoms with Crippen LogP contribution in [0.15, 0.2) is 12.2 Å². The van der Waals surface area contributed by atoms with Crippen molar-refractivity contribution in [3.05, 3.63) is 12.2 Å². The van der Waals surface area contributed by atoms with E-state index in [0.29, 0.717) is 0 Å². The second kappa shape index (κ2) is 4.77. The van der Waals surface area contributed by atoms with Crippen LogP contribution in [-0.4, -0.2) is 34.6 Å². The summed E-state index contributed by atoms with van der Waals surface area (Å²) >= 11 is 0. The van der Waals surface area contributed by atoms with Crippen molar-refractivity contribution in [2.24, 2.45) is 0 Å². The van der Waals surface area contributed by atoms with E-state index in [1.165, 1.54) is 12.2 Å². The fourth-order valence-electron chi connectivity index (χ4n) is 0.279. The van der Waals surface area contributed by atoms with Crippen molar-refractivity contribution >= 4 is 0 Å². The van der Waals surface area contributed by atoms with E-state index in [-0.39, 0.29) is 13.2 Å². The van der Waals surface area contributed by atoms with Crippen LogP contribution in [0.5, 0.6) is 0 Å². The molecule has 0 aromatic carbocycles. The molecule has 0 saturated heterocycles. The first-order valence-electron chi connectivity index (χ1n) is 2.37. The Balaban J connectivity index is 3.21. The van der Waals surface area contributed by atoms with Crippen LogP contribution in [0.1, 0.15) is 0 Å². The van der Waals surface area contributed by atoms with Gasteiger partial charge in [0.2, 0.25) is 0 Å². The second-order valence-corrected chi connectivity index (χ2v) is 1.36. The zero-order valence-electron chi connectivity index (χ0n) is 4.49. The highest BCUT2D eigenvalue weighted by Gasteiger charge is 1.90. The standard InChI is InChI=1S/C5H10O3/c6-3-1-2-5(8)4-7/h1-2,5-8H,3-4H2/b2-1+. The molecule has 3 nitrogen and oxygen atoms in total. The molecule has 1 unspecified atom stereocenters. The predicted octanol–water partition coefficient (Wildman–Crippen LogP) is -1.11. The highest BCUT2D eigenvalue weighted by molar-refractivity contribution is 4.87. The lowest BCUT2D eigenvalue weighted by Crippen LogP contribution is -2.07. The van der Waals surface area contributed by atoms with Crippen molar-refractivity contribution in [2.45, 2.75) is 6.10 Å². The Morgan fingerprint density at radius 2 is 2.00 bits per heavy atom. The van der Waals surface area contributed by atoms with E-state index in [0.717, 1.165) is 0 Å². The van der Waals surface area contributed by atoms with Crippen LogP contribution in [0.3, 0.4) is 0 Å².